The summed E-state index contributed by atoms with van der Waals surface area (Å²) in [6.07, 6.45) is 0. The monoisotopic (exact) mass is 357 g/mol. The molecule has 0 unspecified atom stereocenters. The Kier molecular flexibility index (Phi) is 4.06. The van der Waals surface area contributed by atoms with E-state index in [0.717, 1.165) is 15.4 Å². The molecular formula is C17H12BrNO3. The second-order valence-electron chi connectivity index (χ2n) is 4.73. The van der Waals surface area contributed by atoms with Gasteiger partial charge >= 0.3 is 5.97 Å². The molecule has 1 N–H and O–H groups in total. The van der Waals surface area contributed by atoms with Crippen LogP contribution in [0, 0.1) is 0 Å². The molecule has 1 heterocycles. The van der Waals surface area contributed by atoms with Crippen LogP contribution in [0.4, 0.5) is 0 Å². The van der Waals surface area contributed by atoms with Gasteiger partial charge in [-0.2, -0.15) is 0 Å². The number of nitrogens with zero attached hydrogens (tertiary/aromatic N) is 1. The van der Waals surface area contributed by atoms with Crippen molar-refractivity contribution in [3.8, 4) is 5.75 Å². The van der Waals surface area contributed by atoms with Gasteiger partial charge in [-0.25, -0.2) is 9.78 Å². The highest BCUT2D eigenvalue weighted by molar-refractivity contribution is 9.10. The third-order valence-electron chi connectivity index (χ3n) is 3.20. The standard InChI is InChI=1S/C17H12BrNO3/c18-13-8-4-7-12-9-14(16(17(20)21)19-15(12)13)22-10-11-5-2-1-3-6-11/h1-9H,10H2,(H,20,21). The zero-order valence-corrected chi connectivity index (χ0v) is 13.1. The Labute approximate surface area is 135 Å². The summed E-state index contributed by atoms with van der Waals surface area (Å²) in [6.45, 7) is 0.294. The van der Waals surface area contributed by atoms with Crippen LogP contribution < -0.4 is 4.74 Å². The zero-order valence-electron chi connectivity index (χ0n) is 11.5. The minimum absolute atomic E-state index is 0.0877. The predicted octanol–water partition coefficient (Wildman–Crippen LogP) is 4.27. The minimum Gasteiger partial charge on any atom is -0.486 e. The van der Waals surface area contributed by atoms with Crippen molar-refractivity contribution in [2.45, 2.75) is 6.61 Å². The van der Waals surface area contributed by atoms with E-state index in [1.807, 2.05) is 48.5 Å². The normalized spacial score (nSPS) is 10.6. The van der Waals surface area contributed by atoms with E-state index in [4.69, 9.17) is 4.74 Å². The Morgan fingerprint density at radius 3 is 2.64 bits per heavy atom. The summed E-state index contributed by atoms with van der Waals surface area (Å²) < 4.78 is 6.43. The van der Waals surface area contributed by atoms with Crippen molar-refractivity contribution in [2.75, 3.05) is 0 Å². The first-order chi connectivity index (χ1) is 10.6. The SMILES string of the molecule is O=C(O)c1nc2c(Br)cccc2cc1OCc1ccccc1. The predicted molar refractivity (Wildman–Crippen MR) is 87.2 cm³/mol. The second kappa shape index (κ2) is 6.15. The van der Waals surface area contributed by atoms with E-state index in [9.17, 15) is 9.90 Å². The first-order valence-electron chi connectivity index (χ1n) is 6.64. The number of fused-ring (bicyclic) bond motifs is 1. The number of hydrogen-bond acceptors (Lipinski definition) is 3. The molecular weight excluding hydrogens is 346 g/mol. The van der Waals surface area contributed by atoms with E-state index >= 15 is 0 Å². The van der Waals surface area contributed by atoms with E-state index in [2.05, 4.69) is 20.9 Å². The van der Waals surface area contributed by atoms with Crippen molar-refractivity contribution >= 4 is 32.8 Å². The summed E-state index contributed by atoms with van der Waals surface area (Å²) in [7, 11) is 0. The van der Waals surface area contributed by atoms with Crippen LogP contribution in [0.15, 0.2) is 59.1 Å². The quantitative estimate of drug-likeness (QED) is 0.757. The maximum atomic E-state index is 11.4. The van der Waals surface area contributed by atoms with Gasteiger partial charge in [0.2, 0.25) is 0 Å². The van der Waals surface area contributed by atoms with Gasteiger partial charge in [-0.05, 0) is 33.6 Å². The average molecular weight is 358 g/mol. The van der Waals surface area contributed by atoms with Gasteiger partial charge < -0.3 is 9.84 Å². The lowest BCUT2D eigenvalue weighted by Gasteiger charge is -2.10. The molecule has 0 fully saturated rings. The van der Waals surface area contributed by atoms with Crippen molar-refractivity contribution in [1.82, 2.24) is 4.98 Å². The molecule has 2 aromatic carbocycles. The van der Waals surface area contributed by atoms with Gasteiger partial charge in [0.05, 0.1) is 5.52 Å². The minimum atomic E-state index is -1.11. The van der Waals surface area contributed by atoms with Gasteiger partial charge in [-0.1, -0.05) is 42.5 Å². The number of aromatic nitrogens is 1. The lowest BCUT2D eigenvalue weighted by atomic mass is 10.2. The fourth-order valence-corrected chi connectivity index (χ4v) is 2.61. The van der Waals surface area contributed by atoms with E-state index < -0.39 is 5.97 Å². The summed E-state index contributed by atoms with van der Waals surface area (Å²) in [5.41, 5.74) is 1.48. The fourth-order valence-electron chi connectivity index (χ4n) is 2.14. The third-order valence-corrected chi connectivity index (χ3v) is 3.84. The molecule has 110 valence electrons. The molecule has 0 radical (unpaired) electrons. The number of pyridine rings is 1. The first kappa shape index (κ1) is 14.5. The molecule has 0 saturated carbocycles. The van der Waals surface area contributed by atoms with Gasteiger partial charge in [0.15, 0.2) is 11.4 Å². The first-order valence-corrected chi connectivity index (χ1v) is 7.44. The van der Waals surface area contributed by atoms with Crippen molar-refractivity contribution in [3.05, 3.63) is 70.3 Å². The Bertz CT molecular complexity index is 834. The van der Waals surface area contributed by atoms with Crippen LogP contribution in [-0.2, 0) is 6.61 Å². The summed E-state index contributed by atoms with van der Waals surface area (Å²) >= 11 is 3.38. The van der Waals surface area contributed by atoms with Crippen LogP contribution in [0.3, 0.4) is 0 Å². The van der Waals surface area contributed by atoms with E-state index in [1.165, 1.54) is 0 Å². The van der Waals surface area contributed by atoms with Gasteiger partial charge in [0.1, 0.15) is 6.61 Å². The number of rotatable bonds is 4. The van der Waals surface area contributed by atoms with E-state index in [0.29, 0.717) is 12.1 Å². The number of benzene rings is 2. The Hall–Kier alpha value is -2.40. The molecule has 0 amide bonds. The lowest BCUT2D eigenvalue weighted by molar-refractivity contribution is 0.0685. The number of aromatic carboxylic acids is 1. The van der Waals surface area contributed by atoms with Crippen LogP contribution in [0.5, 0.6) is 5.75 Å². The molecule has 0 saturated heterocycles. The summed E-state index contributed by atoms with van der Waals surface area (Å²) in [5, 5.41) is 10.2. The van der Waals surface area contributed by atoms with E-state index in [-0.39, 0.29) is 11.4 Å². The summed E-state index contributed by atoms with van der Waals surface area (Å²) in [6, 6.07) is 16.9. The van der Waals surface area contributed by atoms with Crippen molar-refractivity contribution in [2.24, 2.45) is 0 Å². The molecule has 0 atom stereocenters. The highest BCUT2D eigenvalue weighted by Crippen LogP contribution is 2.28. The number of carboxylic acid groups (broad SMARTS) is 1. The van der Waals surface area contributed by atoms with Crippen LogP contribution in [-0.4, -0.2) is 16.1 Å². The maximum Gasteiger partial charge on any atom is 0.358 e. The molecule has 4 nitrogen and oxygen atoms in total. The molecule has 0 aliphatic heterocycles. The number of ether oxygens (including phenoxy) is 1. The number of halogens is 1. The highest BCUT2D eigenvalue weighted by atomic mass is 79.9. The van der Waals surface area contributed by atoms with E-state index in [1.54, 1.807) is 6.07 Å². The lowest BCUT2D eigenvalue weighted by Crippen LogP contribution is -2.06. The van der Waals surface area contributed by atoms with Crippen LogP contribution >= 0.6 is 15.9 Å². The Morgan fingerprint density at radius 1 is 1.14 bits per heavy atom. The fraction of sp³-hybridized carbons (Fsp3) is 0.0588. The number of para-hydroxylation sites is 1. The average Bonchev–Trinajstić information content (AvgIpc) is 2.53. The summed E-state index contributed by atoms with van der Waals surface area (Å²) in [4.78, 5) is 15.6. The molecule has 0 aliphatic carbocycles. The van der Waals surface area contributed by atoms with Crippen molar-refractivity contribution < 1.29 is 14.6 Å². The Balaban J connectivity index is 2.00. The Morgan fingerprint density at radius 2 is 1.91 bits per heavy atom. The molecule has 3 aromatic rings. The van der Waals surface area contributed by atoms with Crippen LogP contribution in [0.2, 0.25) is 0 Å². The van der Waals surface area contributed by atoms with Crippen LogP contribution in [0.1, 0.15) is 16.1 Å². The van der Waals surface area contributed by atoms with Gasteiger partial charge in [-0.15, -0.1) is 0 Å². The molecule has 0 spiro atoms. The molecule has 22 heavy (non-hydrogen) atoms. The van der Waals surface area contributed by atoms with Gasteiger partial charge in [-0.3, -0.25) is 0 Å². The smallest absolute Gasteiger partial charge is 0.358 e. The molecule has 0 bridgehead atoms. The van der Waals surface area contributed by atoms with Crippen molar-refractivity contribution in [1.29, 1.82) is 0 Å². The van der Waals surface area contributed by atoms with Gasteiger partial charge in [0.25, 0.3) is 0 Å². The van der Waals surface area contributed by atoms with Gasteiger partial charge in [0, 0.05) is 9.86 Å². The topological polar surface area (TPSA) is 59.4 Å². The largest absolute Gasteiger partial charge is 0.486 e. The molecule has 5 heteroatoms. The zero-order chi connectivity index (χ0) is 15.5. The highest BCUT2D eigenvalue weighted by Gasteiger charge is 2.16. The molecule has 1 aromatic heterocycles. The number of hydrogen-bond donors (Lipinski definition) is 1. The van der Waals surface area contributed by atoms with Crippen molar-refractivity contribution in [3.63, 3.8) is 0 Å². The number of carbonyl (C=O) groups is 1. The third kappa shape index (κ3) is 2.94. The maximum absolute atomic E-state index is 11.4. The van der Waals surface area contributed by atoms with Crippen LogP contribution in [0.25, 0.3) is 10.9 Å². The second-order valence-corrected chi connectivity index (χ2v) is 5.58. The number of carboxylic acids is 1. The molecule has 3 rings (SSSR count). The molecule has 0 aliphatic rings. The summed E-state index contributed by atoms with van der Waals surface area (Å²) in [5.74, 6) is -0.845.